The van der Waals surface area contributed by atoms with Crippen molar-refractivity contribution in [2.75, 3.05) is 13.1 Å². The minimum absolute atomic E-state index is 0.174. The van der Waals surface area contributed by atoms with Crippen molar-refractivity contribution in [1.29, 1.82) is 0 Å². The van der Waals surface area contributed by atoms with E-state index >= 15 is 0 Å². The topological polar surface area (TPSA) is 71.3 Å². The first kappa shape index (κ1) is 18.3. The van der Waals surface area contributed by atoms with Crippen LogP contribution in [0.1, 0.15) is 66.2 Å². The summed E-state index contributed by atoms with van der Waals surface area (Å²) >= 11 is 0. The van der Waals surface area contributed by atoms with Crippen molar-refractivity contribution in [3.63, 3.8) is 0 Å². The molecule has 0 aromatic carbocycles. The van der Waals surface area contributed by atoms with E-state index in [1.807, 2.05) is 13.0 Å². The third-order valence-electron chi connectivity index (χ3n) is 5.80. The number of rotatable bonds is 3. The molecule has 1 aliphatic carbocycles. The molecule has 1 amide bonds. The summed E-state index contributed by atoms with van der Waals surface area (Å²) in [6, 6.07) is 1.78. The Hall–Kier alpha value is -2.09. The normalized spacial score (nSPS) is 21.4. The highest BCUT2D eigenvalue weighted by Gasteiger charge is 2.35. The van der Waals surface area contributed by atoms with Crippen molar-refractivity contribution < 1.29 is 13.6 Å². The van der Waals surface area contributed by atoms with Crippen LogP contribution in [0, 0.1) is 6.92 Å². The average Bonchev–Trinajstić information content (AvgIpc) is 3.10. The lowest BCUT2D eigenvalue weighted by molar-refractivity contribution is -0.0399. The number of piperidine rings is 1. The quantitative estimate of drug-likeness (QED) is 0.863. The Morgan fingerprint density at radius 3 is 2.67 bits per heavy atom. The van der Waals surface area contributed by atoms with E-state index in [0.717, 1.165) is 43.0 Å². The summed E-state index contributed by atoms with van der Waals surface area (Å²) < 4.78 is 28.3. The highest BCUT2D eigenvalue weighted by atomic mass is 19.3. The number of aryl methyl sites for hydroxylation is 1. The van der Waals surface area contributed by atoms with Gasteiger partial charge in [0.15, 0.2) is 5.65 Å². The summed E-state index contributed by atoms with van der Waals surface area (Å²) in [6.45, 7) is 3.82. The number of hydrogen-bond donors (Lipinski definition) is 2. The predicted octanol–water partition coefficient (Wildman–Crippen LogP) is 2.81. The summed E-state index contributed by atoms with van der Waals surface area (Å²) in [5, 5.41) is 10.9. The van der Waals surface area contributed by atoms with Gasteiger partial charge >= 0.3 is 0 Å². The lowest BCUT2D eigenvalue weighted by Crippen LogP contribution is -2.40. The largest absolute Gasteiger partial charge is 0.349 e. The van der Waals surface area contributed by atoms with Crippen molar-refractivity contribution in [3.8, 4) is 0 Å². The molecular weight excluding hydrogens is 352 g/mol. The second-order valence-corrected chi connectivity index (χ2v) is 7.72. The van der Waals surface area contributed by atoms with E-state index in [-0.39, 0.29) is 24.8 Å². The Balaban J connectivity index is 1.51. The molecule has 3 heterocycles. The van der Waals surface area contributed by atoms with Gasteiger partial charge in [-0.3, -0.25) is 4.79 Å². The summed E-state index contributed by atoms with van der Waals surface area (Å²) in [5.74, 6) is -2.46. The van der Waals surface area contributed by atoms with Crippen LogP contribution in [-0.2, 0) is 0 Å². The van der Waals surface area contributed by atoms with Crippen LogP contribution >= 0.6 is 0 Å². The highest BCUT2D eigenvalue weighted by molar-refractivity contribution is 5.95. The minimum Gasteiger partial charge on any atom is -0.349 e. The van der Waals surface area contributed by atoms with Crippen LogP contribution in [0.2, 0.25) is 0 Å². The third kappa shape index (κ3) is 3.81. The van der Waals surface area contributed by atoms with E-state index in [2.05, 4.69) is 15.6 Å². The molecule has 0 bridgehead atoms. The second kappa shape index (κ2) is 7.14. The van der Waals surface area contributed by atoms with Crippen molar-refractivity contribution in [1.82, 2.24) is 25.2 Å². The third-order valence-corrected chi connectivity index (χ3v) is 5.80. The second-order valence-electron chi connectivity index (χ2n) is 7.72. The van der Waals surface area contributed by atoms with Crippen LogP contribution in [0.25, 0.3) is 5.65 Å². The zero-order valence-electron chi connectivity index (χ0n) is 15.5. The van der Waals surface area contributed by atoms with Crippen LogP contribution in [0.3, 0.4) is 0 Å². The summed E-state index contributed by atoms with van der Waals surface area (Å²) in [6.07, 6.45) is 3.90. The number of aromatic nitrogens is 3. The van der Waals surface area contributed by atoms with Crippen LogP contribution in [0.5, 0.6) is 0 Å². The van der Waals surface area contributed by atoms with Gasteiger partial charge in [0.1, 0.15) is 0 Å². The molecule has 2 aliphatic rings. The van der Waals surface area contributed by atoms with E-state index in [1.165, 1.54) is 0 Å². The van der Waals surface area contributed by atoms with Gasteiger partial charge < -0.3 is 10.6 Å². The van der Waals surface area contributed by atoms with Crippen molar-refractivity contribution in [3.05, 3.63) is 29.2 Å². The highest BCUT2D eigenvalue weighted by Crippen LogP contribution is 2.33. The average molecular weight is 377 g/mol. The Morgan fingerprint density at radius 1 is 1.26 bits per heavy atom. The SMILES string of the molecule is Cc1c(C(=O)NC2CCC(F)(F)CC2)cnc2cc(C3CCNCC3)nn12. The van der Waals surface area contributed by atoms with E-state index in [0.29, 0.717) is 24.3 Å². The molecule has 2 fully saturated rings. The molecule has 0 atom stereocenters. The van der Waals surface area contributed by atoms with Gasteiger partial charge in [-0.15, -0.1) is 0 Å². The number of hydrogen-bond acceptors (Lipinski definition) is 4. The zero-order valence-corrected chi connectivity index (χ0v) is 15.5. The van der Waals surface area contributed by atoms with E-state index in [4.69, 9.17) is 5.10 Å². The van der Waals surface area contributed by atoms with Crippen LogP contribution in [0.15, 0.2) is 12.3 Å². The smallest absolute Gasteiger partial charge is 0.254 e. The fraction of sp³-hybridized carbons (Fsp3) is 0.632. The molecule has 0 unspecified atom stereocenters. The molecule has 1 saturated carbocycles. The molecule has 2 N–H and O–H groups in total. The standard InChI is InChI=1S/C19H25F2N5O/c1-12-15(18(27)24-14-2-6-19(20,21)7-3-14)11-23-17-10-16(25-26(12)17)13-4-8-22-9-5-13/h10-11,13-14,22H,2-9H2,1H3,(H,24,27). The van der Waals surface area contributed by atoms with Gasteiger partial charge in [0.25, 0.3) is 5.91 Å². The molecule has 146 valence electrons. The molecular formula is C19H25F2N5O. The van der Waals surface area contributed by atoms with Crippen molar-refractivity contribution in [2.24, 2.45) is 0 Å². The van der Waals surface area contributed by atoms with Crippen LogP contribution in [-0.4, -0.2) is 45.6 Å². The number of nitrogens with one attached hydrogen (secondary N) is 2. The molecule has 27 heavy (non-hydrogen) atoms. The van der Waals surface area contributed by atoms with Crippen LogP contribution in [0.4, 0.5) is 8.78 Å². The molecule has 6 nitrogen and oxygen atoms in total. The molecule has 8 heteroatoms. The van der Waals surface area contributed by atoms with Gasteiger partial charge in [-0.1, -0.05) is 0 Å². The monoisotopic (exact) mass is 377 g/mol. The lowest BCUT2D eigenvalue weighted by atomic mass is 9.92. The number of carbonyl (C=O) groups excluding carboxylic acids is 1. The number of alkyl halides is 2. The molecule has 2 aromatic rings. The van der Waals surface area contributed by atoms with Crippen LogP contribution < -0.4 is 10.6 Å². The van der Waals surface area contributed by atoms with Crippen molar-refractivity contribution >= 4 is 11.6 Å². The first-order chi connectivity index (χ1) is 12.9. The summed E-state index contributed by atoms with van der Waals surface area (Å²) in [5.41, 5.74) is 2.91. The van der Waals surface area contributed by atoms with Gasteiger partial charge in [0, 0.05) is 37.1 Å². The first-order valence-corrected chi connectivity index (χ1v) is 9.68. The summed E-state index contributed by atoms with van der Waals surface area (Å²) in [7, 11) is 0. The molecule has 1 saturated heterocycles. The molecule has 1 aliphatic heterocycles. The molecule has 0 spiro atoms. The predicted molar refractivity (Wildman–Crippen MR) is 97.2 cm³/mol. The van der Waals surface area contributed by atoms with Gasteiger partial charge in [0.05, 0.1) is 17.0 Å². The number of fused-ring (bicyclic) bond motifs is 1. The molecule has 4 rings (SSSR count). The maximum absolute atomic E-state index is 13.3. The maximum Gasteiger partial charge on any atom is 0.254 e. The Labute approximate surface area is 156 Å². The Morgan fingerprint density at radius 2 is 1.96 bits per heavy atom. The first-order valence-electron chi connectivity index (χ1n) is 9.68. The van der Waals surface area contributed by atoms with Crippen molar-refractivity contribution in [2.45, 2.75) is 63.3 Å². The number of amides is 1. The number of nitrogens with zero attached hydrogens (tertiary/aromatic N) is 3. The van der Waals surface area contributed by atoms with E-state index in [9.17, 15) is 13.6 Å². The number of carbonyl (C=O) groups is 1. The van der Waals surface area contributed by atoms with Gasteiger partial charge in [0.2, 0.25) is 5.92 Å². The Kier molecular flexibility index (Phi) is 4.84. The van der Waals surface area contributed by atoms with Gasteiger partial charge in [-0.2, -0.15) is 5.10 Å². The van der Waals surface area contributed by atoms with E-state index in [1.54, 1.807) is 10.7 Å². The lowest BCUT2D eigenvalue weighted by Gasteiger charge is -2.28. The van der Waals surface area contributed by atoms with Gasteiger partial charge in [-0.25, -0.2) is 18.3 Å². The minimum atomic E-state index is -2.60. The van der Waals surface area contributed by atoms with E-state index < -0.39 is 5.92 Å². The summed E-state index contributed by atoms with van der Waals surface area (Å²) in [4.78, 5) is 17.1. The maximum atomic E-state index is 13.3. The molecule has 0 radical (unpaired) electrons. The Bertz CT molecular complexity index is 834. The molecule has 2 aromatic heterocycles. The number of halogens is 2. The fourth-order valence-corrected chi connectivity index (χ4v) is 4.05. The fourth-order valence-electron chi connectivity index (χ4n) is 4.05. The zero-order chi connectivity index (χ0) is 19.0. The van der Waals surface area contributed by atoms with Gasteiger partial charge in [-0.05, 0) is 45.7 Å².